The van der Waals surface area contributed by atoms with Gasteiger partial charge in [0, 0.05) is 21.9 Å². The Bertz CT molecular complexity index is 1330. The van der Waals surface area contributed by atoms with Crippen molar-refractivity contribution in [2.75, 3.05) is 0 Å². The minimum absolute atomic E-state index is 0.0623. The molecule has 1 aliphatic carbocycles. The van der Waals surface area contributed by atoms with Gasteiger partial charge in [-0.3, -0.25) is 0 Å². The number of nitrogens with zero attached hydrogens (tertiary/aromatic N) is 1. The van der Waals surface area contributed by atoms with Crippen LogP contribution in [0.5, 0.6) is 0 Å². The van der Waals surface area contributed by atoms with E-state index in [9.17, 15) is 0 Å². The topological polar surface area (TPSA) is 12.9 Å². The molecule has 30 heavy (non-hydrogen) atoms. The summed E-state index contributed by atoms with van der Waals surface area (Å²) >= 11 is 0. The number of pyridine rings is 1. The fourth-order valence-corrected chi connectivity index (χ4v) is 5.47. The van der Waals surface area contributed by atoms with Crippen molar-refractivity contribution < 1.29 is 0 Å². The third kappa shape index (κ3) is 2.51. The first-order chi connectivity index (χ1) is 14.2. The first-order valence-electron chi connectivity index (χ1n) is 10.8. The molecule has 0 unspecified atom stereocenters. The third-order valence-corrected chi connectivity index (χ3v) is 7.10. The minimum Gasteiger partial charge on any atom is -0.247 e. The molecule has 0 saturated heterocycles. The van der Waals surface area contributed by atoms with E-state index in [0.717, 1.165) is 11.2 Å². The smallest absolute Gasteiger partial charge is 0.0791 e. The molecule has 1 heteroatoms. The van der Waals surface area contributed by atoms with Crippen molar-refractivity contribution in [1.82, 2.24) is 4.98 Å². The van der Waals surface area contributed by atoms with Crippen molar-refractivity contribution in [3.05, 3.63) is 87.5 Å². The summed E-state index contributed by atoms with van der Waals surface area (Å²) in [5, 5.41) is 1.34. The molecule has 1 heterocycles. The number of hydrogen-bond acceptors (Lipinski definition) is 1. The van der Waals surface area contributed by atoms with Crippen LogP contribution in [0.1, 0.15) is 52.8 Å². The fraction of sp³-hybridized carbons (Fsp3) is 0.276. The van der Waals surface area contributed by atoms with Crippen LogP contribution in [-0.4, -0.2) is 4.98 Å². The van der Waals surface area contributed by atoms with E-state index < -0.39 is 0 Å². The maximum Gasteiger partial charge on any atom is 0.0791 e. The Morgan fingerprint density at radius 1 is 0.767 bits per heavy atom. The van der Waals surface area contributed by atoms with E-state index in [1.807, 2.05) is 0 Å². The number of hydrogen-bond donors (Lipinski definition) is 0. The summed E-state index contributed by atoms with van der Waals surface area (Å²) in [6.07, 6.45) is 0. The van der Waals surface area contributed by atoms with E-state index in [1.54, 1.807) is 0 Å². The van der Waals surface area contributed by atoms with Crippen LogP contribution in [0.3, 0.4) is 0 Å². The molecule has 5 rings (SSSR count). The molecule has 0 atom stereocenters. The van der Waals surface area contributed by atoms with Crippen LogP contribution in [-0.2, 0) is 5.41 Å². The molecule has 4 aromatic rings. The third-order valence-electron chi connectivity index (χ3n) is 7.10. The lowest BCUT2D eigenvalue weighted by molar-refractivity contribution is 0.665. The van der Waals surface area contributed by atoms with Gasteiger partial charge in [-0.2, -0.15) is 0 Å². The summed E-state index contributed by atoms with van der Waals surface area (Å²) in [4.78, 5) is 5.33. The van der Waals surface area contributed by atoms with Crippen LogP contribution in [0.2, 0.25) is 0 Å². The van der Waals surface area contributed by atoms with Crippen LogP contribution in [0.25, 0.3) is 33.3 Å². The maximum atomic E-state index is 5.33. The first-order valence-corrected chi connectivity index (χ1v) is 10.8. The summed E-state index contributed by atoms with van der Waals surface area (Å²) in [7, 11) is 0. The van der Waals surface area contributed by atoms with E-state index >= 15 is 0 Å². The van der Waals surface area contributed by atoms with Crippen LogP contribution >= 0.6 is 0 Å². The molecule has 3 aromatic carbocycles. The monoisotopic (exact) mass is 391 g/mol. The highest BCUT2D eigenvalue weighted by atomic mass is 14.7. The largest absolute Gasteiger partial charge is 0.247 e. The lowest BCUT2D eigenvalue weighted by Gasteiger charge is -2.25. The van der Waals surface area contributed by atoms with Gasteiger partial charge in [-0.05, 0) is 86.2 Å². The number of aryl methyl sites for hydroxylation is 4. The van der Waals surface area contributed by atoms with Crippen molar-refractivity contribution in [1.29, 1.82) is 0 Å². The molecule has 1 aromatic heterocycles. The summed E-state index contributed by atoms with van der Waals surface area (Å²) in [5.74, 6) is 0. The SMILES string of the molecule is Cc1cc(C)cc(-c2nc3cc(C)c(C)c(C)c3c3c2-c2ccccc2C3(C)C)c1. The molecule has 1 nitrogen and oxygen atoms in total. The summed E-state index contributed by atoms with van der Waals surface area (Å²) in [6, 6.07) is 18.0. The van der Waals surface area contributed by atoms with E-state index in [0.29, 0.717) is 0 Å². The molecule has 1 aliphatic rings. The van der Waals surface area contributed by atoms with Crippen molar-refractivity contribution in [2.45, 2.75) is 53.9 Å². The zero-order valence-corrected chi connectivity index (χ0v) is 19.1. The van der Waals surface area contributed by atoms with Crippen molar-refractivity contribution in [3.63, 3.8) is 0 Å². The van der Waals surface area contributed by atoms with E-state index in [4.69, 9.17) is 4.98 Å². The Hall–Kier alpha value is -2.93. The van der Waals surface area contributed by atoms with Crippen molar-refractivity contribution in [2.24, 2.45) is 0 Å². The number of rotatable bonds is 1. The molecule has 0 spiro atoms. The second-order valence-electron chi connectivity index (χ2n) is 9.59. The zero-order valence-electron chi connectivity index (χ0n) is 19.1. The van der Waals surface area contributed by atoms with E-state index in [1.165, 1.54) is 61.0 Å². The number of aromatic nitrogens is 1. The normalized spacial score (nSPS) is 14.1. The molecule has 150 valence electrons. The molecule has 0 aliphatic heterocycles. The number of benzene rings is 3. The van der Waals surface area contributed by atoms with Crippen molar-refractivity contribution in [3.8, 4) is 22.4 Å². The molecule has 0 saturated carbocycles. The Balaban J connectivity index is 2.03. The highest BCUT2D eigenvalue weighted by molar-refractivity contribution is 6.03. The second kappa shape index (κ2) is 6.28. The summed E-state index contributed by atoms with van der Waals surface area (Å²) < 4.78 is 0. The summed E-state index contributed by atoms with van der Waals surface area (Å²) in [6.45, 7) is 15.8. The predicted octanol–water partition coefficient (Wildman–Crippen LogP) is 7.75. The van der Waals surface area contributed by atoms with Crippen LogP contribution in [0, 0.1) is 34.6 Å². The van der Waals surface area contributed by atoms with Gasteiger partial charge >= 0.3 is 0 Å². The molecule has 0 bridgehead atoms. The van der Waals surface area contributed by atoms with Gasteiger partial charge in [-0.25, -0.2) is 4.98 Å². The van der Waals surface area contributed by atoms with Gasteiger partial charge in [0.25, 0.3) is 0 Å². The zero-order chi connectivity index (χ0) is 21.4. The molecule has 0 amide bonds. The van der Waals surface area contributed by atoms with Gasteiger partial charge in [0.15, 0.2) is 0 Å². The van der Waals surface area contributed by atoms with E-state index in [-0.39, 0.29) is 5.41 Å². The highest BCUT2D eigenvalue weighted by Crippen LogP contribution is 2.54. The van der Waals surface area contributed by atoms with Gasteiger partial charge in [0.05, 0.1) is 11.2 Å². The number of fused-ring (bicyclic) bond motifs is 5. The highest BCUT2D eigenvalue weighted by Gasteiger charge is 2.39. The quantitative estimate of drug-likeness (QED) is 0.323. The molecule has 0 fully saturated rings. The van der Waals surface area contributed by atoms with Crippen molar-refractivity contribution >= 4 is 10.9 Å². The Labute approximate surface area is 179 Å². The minimum atomic E-state index is -0.0623. The lowest BCUT2D eigenvalue weighted by atomic mass is 9.79. The van der Waals surface area contributed by atoms with Gasteiger partial charge in [0.1, 0.15) is 0 Å². The standard InChI is InChI=1S/C29H29N/c1-16-12-17(2)14-21(13-16)28-26-22-10-8-9-11-23(22)29(6,7)27(26)25-20(5)19(4)18(3)15-24(25)30-28/h8-15H,1-7H3. The Kier molecular flexibility index (Phi) is 3.99. The van der Waals surface area contributed by atoms with E-state index in [2.05, 4.69) is 97.0 Å². The lowest BCUT2D eigenvalue weighted by Crippen LogP contribution is -2.16. The van der Waals surface area contributed by atoms with Gasteiger partial charge in [-0.15, -0.1) is 0 Å². The van der Waals surface area contributed by atoms with Crippen LogP contribution in [0.4, 0.5) is 0 Å². The van der Waals surface area contributed by atoms with Gasteiger partial charge < -0.3 is 0 Å². The Morgan fingerprint density at radius 3 is 2.13 bits per heavy atom. The van der Waals surface area contributed by atoms with Gasteiger partial charge in [0.2, 0.25) is 0 Å². The molecule has 0 N–H and O–H groups in total. The molecule has 0 radical (unpaired) electrons. The first kappa shape index (κ1) is 19.1. The average Bonchev–Trinajstić information content (AvgIpc) is 2.93. The Morgan fingerprint density at radius 2 is 1.43 bits per heavy atom. The molecular weight excluding hydrogens is 362 g/mol. The van der Waals surface area contributed by atoms with Crippen LogP contribution in [0.15, 0.2) is 48.5 Å². The van der Waals surface area contributed by atoms with Crippen LogP contribution < -0.4 is 0 Å². The fourth-order valence-electron chi connectivity index (χ4n) is 5.47. The molecular formula is C29H29N. The second-order valence-corrected chi connectivity index (χ2v) is 9.59. The maximum absolute atomic E-state index is 5.33. The summed E-state index contributed by atoms with van der Waals surface area (Å²) in [5.41, 5.74) is 15.5. The van der Waals surface area contributed by atoms with Gasteiger partial charge in [-0.1, -0.05) is 55.3 Å². The predicted molar refractivity (Wildman–Crippen MR) is 128 cm³/mol. The average molecular weight is 392 g/mol.